The van der Waals surface area contributed by atoms with Gasteiger partial charge in [0.2, 0.25) is 5.91 Å². The van der Waals surface area contributed by atoms with Gasteiger partial charge in [-0.1, -0.05) is 19.3 Å². The van der Waals surface area contributed by atoms with Crippen LogP contribution in [0.25, 0.3) is 0 Å². The molecule has 1 saturated carbocycles. The van der Waals surface area contributed by atoms with Crippen LogP contribution in [0.1, 0.15) is 55.3 Å². The Bertz CT molecular complexity index is 603. The van der Waals surface area contributed by atoms with Crippen molar-refractivity contribution in [1.29, 1.82) is 0 Å². The van der Waals surface area contributed by atoms with Crippen molar-refractivity contribution in [3.63, 3.8) is 0 Å². The molecule has 4 nitrogen and oxygen atoms in total. The second-order valence-corrected chi connectivity index (χ2v) is 7.31. The maximum Gasteiger partial charge on any atom is 0.253 e. The highest BCUT2D eigenvalue weighted by molar-refractivity contribution is 5.94. The van der Waals surface area contributed by atoms with Crippen molar-refractivity contribution >= 4 is 11.8 Å². The number of hydrogen-bond acceptors (Lipinski definition) is 2. The van der Waals surface area contributed by atoms with Crippen LogP contribution in [0.15, 0.2) is 24.3 Å². The topological polar surface area (TPSA) is 40.6 Å². The molecule has 1 aliphatic heterocycles. The van der Waals surface area contributed by atoms with E-state index in [2.05, 4.69) is 0 Å². The van der Waals surface area contributed by atoms with Gasteiger partial charge in [-0.25, -0.2) is 4.39 Å². The molecule has 0 bridgehead atoms. The highest BCUT2D eigenvalue weighted by atomic mass is 19.1. The Labute approximate surface area is 149 Å². The zero-order chi connectivity index (χ0) is 17.8. The summed E-state index contributed by atoms with van der Waals surface area (Å²) >= 11 is 0. The summed E-state index contributed by atoms with van der Waals surface area (Å²) in [5.74, 6) is -0.164. The Balaban J connectivity index is 1.53. The number of likely N-dealkylation sites (tertiary alicyclic amines) is 1. The Hall–Kier alpha value is -1.91. The SMILES string of the molecule is CN(C(=O)C1CCN(C(=O)c2ccc(F)cc2)CC1)C1CCCCC1. The van der Waals surface area contributed by atoms with Crippen LogP contribution in [0, 0.1) is 11.7 Å². The molecule has 25 heavy (non-hydrogen) atoms. The van der Waals surface area contributed by atoms with Crippen LogP contribution in [0.5, 0.6) is 0 Å². The zero-order valence-electron chi connectivity index (χ0n) is 14.9. The van der Waals surface area contributed by atoms with E-state index in [1.165, 1.54) is 43.5 Å². The second-order valence-electron chi connectivity index (χ2n) is 7.31. The van der Waals surface area contributed by atoms with Gasteiger partial charge in [0.1, 0.15) is 5.82 Å². The fourth-order valence-corrected chi connectivity index (χ4v) is 4.04. The van der Waals surface area contributed by atoms with Crippen molar-refractivity contribution in [2.45, 2.75) is 51.0 Å². The molecule has 2 amide bonds. The predicted octanol–water partition coefficient (Wildman–Crippen LogP) is 3.47. The van der Waals surface area contributed by atoms with Gasteiger partial charge >= 0.3 is 0 Å². The monoisotopic (exact) mass is 346 g/mol. The van der Waals surface area contributed by atoms with E-state index in [1.807, 2.05) is 11.9 Å². The third kappa shape index (κ3) is 4.20. The van der Waals surface area contributed by atoms with Crippen molar-refractivity contribution in [3.8, 4) is 0 Å². The number of amides is 2. The Morgan fingerprint density at radius 1 is 1.00 bits per heavy atom. The minimum Gasteiger partial charge on any atom is -0.343 e. The number of benzene rings is 1. The highest BCUT2D eigenvalue weighted by Crippen LogP contribution is 2.26. The summed E-state index contributed by atoms with van der Waals surface area (Å²) in [4.78, 5) is 29.0. The first-order chi connectivity index (χ1) is 12.1. The lowest BCUT2D eigenvalue weighted by Gasteiger charge is -2.37. The number of halogens is 1. The lowest BCUT2D eigenvalue weighted by Crippen LogP contribution is -2.46. The molecule has 2 fully saturated rings. The van der Waals surface area contributed by atoms with E-state index in [0.717, 1.165) is 12.8 Å². The van der Waals surface area contributed by atoms with Gasteiger partial charge in [0.25, 0.3) is 5.91 Å². The minimum absolute atomic E-state index is 0.0178. The van der Waals surface area contributed by atoms with Crippen LogP contribution in [-0.2, 0) is 4.79 Å². The van der Waals surface area contributed by atoms with Gasteiger partial charge in [0.15, 0.2) is 0 Å². The summed E-state index contributed by atoms with van der Waals surface area (Å²) in [7, 11) is 1.94. The van der Waals surface area contributed by atoms with Crippen molar-refractivity contribution in [2.75, 3.05) is 20.1 Å². The zero-order valence-corrected chi connectivity index (χ0v) is 14.9. The van der Waals surface area contributed by atoms with Gasteiger partial charge < -0.3 is 9.80 Å². The number of hydrogen-bond donors (Lipinski definition) is 0. The molecule has 1 saturated heterocycles. The van der Waals surface area contributed by atoms with Gasteiger partial charge in [-0.05, 0) is 49.9 Å². The fraction of sp³-hybridized carbons (Fsp3) is 0.600. The number of carbonyl (C=O) groups is 2. The van der Waals surface area contributed by atoms with Gasteiger partial charge in [-0.3, -0.25) is 9.59 Å². The van der Waals surface area contributed by atoms with Gasteiger partial charge in [-0.15, -0.1) is 0 Å². The summed E-state index contributed by atoms with van der Waals surface area (Å²) in [6.45, 7) is 1.18. The predicted molar refractivity (Wildman–Crippen MR) is 94.7 cm³/mol. The number of nitrogens with zero attached hydrogens (tertiary/aromatic N) is 2. The molecular weight excluding hydrogens is 319 g/mol. The minimum atomic E-state index is -0.341. The molecule has 0 aromatic heterocycles. The van der Waals surface area contributed by atoms with Crippen LogP contribution in [0.3, 0.4) is 0 Å². The quantitative estimate of drug-likeness (QED) is 0.841. The van der Waals surface area contributed by atoms with Gasteiger partial charge in [-0.2, -0.15) is 0 Å². The summed E-state index contributed by atoms with van der Waals surface area (Å²) < 4.78 is 13.0. The average molecular weight is 346 g/mol. The molecule has 0 spiro atoms. The van der Waals surface area contributed by atoms with Crippen LogP contribution >= 0.6 is 0 Å². The Morgan fingerprint density at radius 2 is 1.60 bits per heavy atom. The fourth-order valence-electron chi connectivity index (χ4n) is 4.04. The molecule has 0 radical (unpaired) electrons. The van der Waals surface area contributed by atoms with E-state index in [0.29, 0.717) is 37.5 Å². The Kier molecular flexibility index (Phi) is 5.71. The van der Waals surface area contributed by atoms with Crippen LogP contribution < -0.4 is 0 Å². The van der Waals surface area contributed by atoms with Crippen LogP contribution in [-0.4, -0.2) is 47.8 Å². The number of piperidine rings is 1. The largest absolute Gasteiger partial charge is 0.343 e. The lowest BCUT2D eigenvalue weighted by atomic mass is 9.91. The first-order valence-corrected chi connectivity index (χ1v) is 9.38. The standard InChI is InChI=1S/C20H27FN2O2/c1-22(18-5-3-2-4-6-18)19(24)16-11-13-23(14-12-16)20(25)15-7-9-17(21)10-8-15/h7-10,16,18H,2-6,11-14H2,1H3. The lowest BCUT2D eigenvalue weighted by molar-refractivity contribution is -0.138. The molecule has 0 unspecified atom stereocenters. The number of rotatable bonds is 3. The van der Waals surface area contributed by atoms with Gasteiger partial charge in [0, 0.05) is 37.7 Å². The molecule has 1 heterocycles. The summed E-state index contributed by atoms with van der Waals surface area (Å²) in [5.41, 5.74) is 0.505. The Morgan fingerprint density at radius 3 is 2.20 bits per heavy atom. The van der Waals surface area contributed by atoms with Crippen molar-refractivity contribution in [2.24, 2.45) is 5.92 Å². The summed E-state index contributed by atoms with van der Waals surface area (Å²) in [6.07, 6.45) is 7.36. The van der Waals surface area contributed by atoms with E-state index in [-0.39, 0.29) is 23.5 Å². The van der Waals surface area contributed by atoms with Crippen molar-refractivity contribution < 1.29 is 14.0 Å². The highest BCUT2D eigenvalue weighted by Gasteiger charge is 2.32. The molecule has 1 aromatic carbocycles. The van der Waals surface area contributed by atoms with Crippen LogP contribution in [0.4, 0.5) is 4.39 Å². The van der Waals surface area contributed by atoms with Gasteiger partial charge in [0.05, 0.1) is 0 Å². The molecule has 0 N–H and O–H groups in total. The molecule has 2 aliphatic rings. The van der Waals surface area contributed by atoms with E-state index >= 15 is 0 Å². The van der Waals surface area contributed by atoms with Crippen LogP contribution in [0.2, 0.25) is 0 Å². The average Bonchev–Trinajstić information content (AvgIpc) is 2.67. The second kappa shape index (κ2) is 7.98. The first-order valence-electron chi connectivity index (χ1n) is 9.38. The maximum atomic E-state index is 13.0. The smallest absolute Gasteiger partial charge is 0.253 e. The van der Waals surface area contributed by atoms with Crippen molar-refractivity contribution in [3.05, 3.63) is 35.6 Å². The van der Waals surface area contributed by atoms with E-state index in [1.54, 1.807) is 4.90 Å². The maximum absolute atomic E-state index is 13.0. The normalized spacial score (nSPS) is 19.7. The van der Waals surface area contributed by atoms with E-state index in [4.69, 9.17) is 0 Å². The number of carbonyl (C=O) groups excluding carboxylic acids is 2. The van der Waals surface area contributed by atoms with Crippen molar-refractivity contribution in [1.82, 2.24) is 9.80 Å². The molecule has 1 aromatic rings. The summed E-state index contributed by atoms with van der Waals surface area (Å²) in [5, 5.41) is 0. The molecule has 136 valence electrons. The summed E-state index contributed by atoms with van der Waals surface area (Å²) in [6, 6.07) is 6.04. The third-order valence-electron chi connectivity index (χ3n) is 5.69. The molecule has 5 heteroatoms. The molecule has 1 aliphatic carbocycles. The molecular formula is C20H27FN2O2. The third-order valence-corrected chi connectivity index (χ3v) is 5.69. The molecule has 3 rings (SSSR count). The first kappa shape index (κ1) is 17.9. The molecule has 0 atom stereocenters. The van der Waals surface area contributed by atoms with E-state index < -0.39 is 0 Å². The van der Waals surface area contributed by atoms with E-state index in [9.17, 15) is 14.0 Å².